The van der Waals surface area contributed by atoms with Gasteiger partial charge in [0.15, 0.2) is 5.78 Å². The number of carbonyl (C=O) groups excluding carboxylic acids is 3. The lowest BCUT2D eigenvalue weighted by Crippen LogP contribution is -2.46. The Bertz CT molecular complexity index is 1240. The highest BCUT2D eigenvalue weighted by molar-refractivity contribution is 6.24. The monoisotopic (exact) mass is 469 g/mol. The summed E-state index contributed by atoms with van der Waals surface area (Å²) in [4.78, 5) is 41.2. The molecule has 34 heavy (non-hydrogen) atoms. The number of benzene rings is 2. The van der Waals surface area contributed by atoms with Crippen LogP contribution in [0.15, 0.2) is 65.8 Å². The fraction of sp³-hybridized carbons (Fsp3) is 0.250. The molecule has 0 aromatic heterocycles. The fourth-order valence-electron chi connectivity index (χ4n) is 4.84. The summed E-state index contributed by atoms with van der Waals surface area (Å²) < 4.78 is 44.8. The van der Waals surface area contributed by atoms with Gasteiger partial charge in [-0.3, -0.25) is 19.4 Å². The number of amides is 2. The van der Waals surface area contributed by atoms with E-state index in [9.17, 15) is 27.6 Å². The SMILES string of the molecule is COc1ccc(C(=O)[C@@H]2[C@H]3C(=O)N(c4cccc(C(F)(F)F)c4)C(=O)[C@@H]3[C@H]3C=CC=NN32)cc1. The number of allylic oxidation sites excluding steroid dienone is 1. The van der Waals surface area contributed by atoms with E-state index in [1.165, 1.54) is 24.4 Å². The first-order valence-electron chi connectivity index (χ1n) is 10.4. The number of halogens is 3. The molecule has 7 nitrogen and oxygen atoms in total. The number of hydrogen-bond donors (Lipinski definition) is 0. The van der Waals surface area contributed by atoms with Crippen LogP contribution in [0.4, 0.5) is 18.9 Å². The highest BCUT2D eigenvalue weighted by Crippen LogP contribution is 2.46. The summed E-state index contributed by atoms with van der Waals surface area (Å²) in [5, 5.41) is 5.70. The van der Waals surface area contributed by atoms with E-state index < -0.39 is 53.3 Å². The molecule has 4 atom stereocenters. The Morgan fingerprint density at radius 1 is 1.03 bits per heavy atom. The number of imide groups is 1. The second kappa shape index (κ2) is 7.82. The number of anilines is 1. The number of alkyl halides is 3. The van der Waals surface area contributed by atoms with Gasteiger partial charge >= 0.3 is 6.18 Å². The van der Waals surface area contributed by atoms with Gasteiger partial charge in [0.25, 0.3) is 0 Å². The Morgan fingerprint density at radius 2 is 1.74 bits per heavy atom. The predicted octanol–water partition coefficient (Wildman–Crippen LogP) is 3.31. The third kappa shape index (κ3) is 3.28. The van der Waals surface area contributed by atoms with E-state index in [1.54, 1.807) is 36.4 Å². The molecule has 2 fully saturated rings. The van der Waals surface area contributed by atoms with Gasteiger partial charge in [-0.15, -0.1) is 0 Å². The van der Waals surface area contributed by atoms with Crippen molar-refractivity contribution < 1.29 is 32.3 Å². The lowest BCUT2D eigenvalue weighted by Gasteiger charge is -2.30. The van der Waals surface area contributed by atoms with E-state index >= 15 is 0 Å². The van der Waals surface area contributed by atoms with Crippen LogP contribution in [0.5, 0.6) is 5.75 Å². The molecular weight excluding hydrogens is 451 g/mol. The van der Waals surface area contributed by atoms with Crippen molar-refractivity contribution in [1.82, 2.24) is 5.01 Å². The molecule has 0 radical (unpaired) electrons. The van der Waals surface area contributed by atoms with Crippen LogP contribution < -0.4 is 9.64 Å². The quantitative estimate of drug-likeness (QED) is 0.507. The van der Waals surface area contributed by atoms with Crippen LogP contribution in [0.1, 0.15) is 15.9 Å². The van der Waals surface area contributed by atoms with Crippen molar-refractivity contribution in [3.05, 3.63) is 71.8 Å². The van der Waals surface area contributed by atoms with Gasteiger partial charge in [-0.2, -0.15) is 18.3 Å². The molecule has 10 heteroatoms. The number of carbonyl (C=O) groups is 3. The van der Waals surface area contributed by atoms with Crippen molar-refractivity contribution in [3.63, 3.8) is 0 Å². The number of methoxy groups -OCH3 is 1. The minimum Gasteiger partial charge on any atom is -0.497 e. The number of Topliss-reactive ketones (excluding diaryl/α,β-unsaturated/α-hetero) is 1. The van der Waals surface area contributed by atoms with Gasteiger partial charge in [-0.25, -0.2) is 4.90 Å². The fourth-order valence-corrected chi connectivity index (χ4v) is 4.84. The summed E-state index contributed by atoms with van der Waals surface area (Å²) in [5.74, 6) is -3.31. The van der Waals surface area contributed by atoms with Crippen LogP contribution in [-0.2, 0) is 15.8 Å². The second-order valence-electron chi connectivity index (χ2n) is 8.17. The van der Waals surface area contributed by atoms with Gasteiger partial charge < -0.3 is 4.74 Å². The van der Waals surface area contributed by atoms with Crippen LogP contribution in [0.3, 0.4) is 0 Å². The molecule has 3 aliphatic heterocycles. The molecule has 2 aromatic rings. The van der Waals surface area contributed by atoms with Gasteiger partial charge in [-0.05, 0) is 48.5 Å². The minimum atomic E-state index is -4.64. The van der Waals surface area contributed by atoms with Crippen molar-refractivity contribution in [2.45, 2.75) is 18.3 Å². The third-order valence-corrected chi connectivity index (χ3v) is 6.37. The Hall–Kier alpha value is -3.95. The molecule has 0 spiro atoms. The van der Waals surface area contributed by atoms with Crippen LogP contribution in [0.2, 0.25) is 0 Å². The summed E-state index contributed by atoms with van der Waals surface area (Å²) in [6, 6.07) is 8.61. The number of fused-ring (bicyclic) bond motifs is 3. The maximum absolute atomic E-state index is 13.5. The Kier molecular flexibility index (Phi) is 5.03. The molecule has 0 bridgehead atoms. The van der Waals surface area contributed by atoms with E-state index in [4.69, 9.17) is 4.74 Å². The zero-order chi connectivity index (χ0) is 24.2. The summed E-state index contributed by atoms with van der Waals surface area (Å²) in [6.07, 6.45) is 0.115. The zero-order valence-electron chi connectivity index (χ0n) is 17.8. The molecule has 2 saturated heterocycles. The van der Waals surface area contributed by atoms with Gasteiger partial charge in [0.1, 0.15) is 11.8 Å². The van der Waals surface area contributed by atoms with E-state index in [2.05, 4.69) is 5.10 Å². The van der Waals surface area contributed by atoms with Crippen molar-refractivity contribution in [3.8, 4) is 5.75 Å². The second-order valence-corrected chi connectivity index (χ2v) is 8.17. The molecule has 0 aliphatic carbocycles. The smallest absolute Gasteiger partial charge is 0.416 e. The maximum atomic E-state index is 13.5. The van der Waals surface area contributed by atoms with E-state index in [0.717, 1.165) is 23.1 Å². The van der Waals surface area contributed by atoms with Gasteiger partial charge in [0, 0.05) is 11.8 Å². The Balaban J connectivity index is 1.55. The minimum absolute atomic E-state index is 0.176. The van der Waals surface area contributed by atoms with E-state index in [0.29, 0.717) is 11.3 Å². The maximum Gasteiger partial charge on any atom is 0.416 e. The molecule has 0 unspecified atom stereocenters. The highest BCUT2D eigenvalue weighted by Gasteiger charge is 2.64. The first-order chi connectivity index (χ1) is 16.2. The van der Waals surface area contributed by atoms with Crippen LogP contribution in [0.25, 0.3) is 0 Å². The predicted molar refractivity (Wildman–Crippen MR) is 115 cm³/mol. The average Bonchev–Trinajstić information content (AvgIpc) is 3.31. The lowest BCUT2D eigenvalue weighted by atomic mass is 9.86. The normalized spacial score (nSPS) is 25.5. The number of hydrogen-bond acceptors (Lipinski definition) is 6. The first-order valence-corrected chi connectivity index (χ1v) is 10.4. The molecule has 0 saturated carbocycles. The summed E-state index contributed by atoms with van der Waals surface area (Å²) in [6.45, 7) is 0. The molecule has 2 amide bonds. The zero-order valence-corrected chi connectivity index (χ0v) is 17.8. The van der Waals surface area contributed by atoms with Crippen LogP contribution in [-0.4, -0.2) is 48.0 Å². The number of ether oxygens (including phenoxy) is 1. The summed E-state index contributed by atoms with van der Waals surface area (Å²) >= 11 is 0. The van der Waals surface area contributed by atoms with Crippen molar-refractivity contribution in [2.24, 2.45) is 16.9 Å². The summed E-state index contributed by atoms with van der Waals surface area (Å²) in [7, 11) is 1.49. The van der Waals surface area contributed by atoms with Crippen molar-refractivity contribution >= 4 is 29.5 Å². The van der Waals surface area contributed by atoms with E-state index in [1.807, 2.05) is 0 Å². The standard InChI is InChI=1S/C24H18F3N3O4/c1-34-16-9-7-13(8-10-16)21(31)20-19-18(17-6-3-11-28-30(17)20)22(32)29(23(19)33)15-5-2-4-14(12-15)24(25,26)27/h2-12,17-20H,1H3/t17-,18-,19+,20+/m1/s1. The van der Waals surface area contributed by atoms with Crippen LogP contribution >= 0.6 is 0 Å². The molecule has 0 N–H and O–H groups in total. The molecule has 2 aromatic carbocycles. The Morgan fingerprint density at radius 3 is 2.41 bits per heavy atom. The van der Waals surface area contributed by atoms with E-state index in [-0.39, 0.29) is 5.69 Å². The van der Waals surface area contributed by atoms with Crippen molar-refractivity contribution in [1.29, 1.82) is 0 Å². The van der Waals surface area contributed by atoms with Gasteiger partial charge in [0.05, 0.1) is 36.2 Å². The Labute approximate surface area is 192 Å². The largest absolute Gasteiger partial charge is 0.497 e. The highest BCUT2D eigenvalue weighted by atomic mass is 19.4. The topological polar surface area (TPSA) is 79.3 Å². The molecule has 5 rings (SSSR count). The van der Waals surface area contributed by atoms with Crippen molar-refractivity contribution in [2.75, 3.05) is 12.0 Å². The molecule has 3 heterocycles. The molecule has 174 valence electrons. The number of rotatable bonds is 4. The molecular formula is C24H18F3N3O4. The molecule has 3 aliphatic rings. The number of nitrogens with zero attached hydrogens (tertiary/aromatic N) is 3. The first kappa shape index (κ1) is 21.9. The number of hydrazone groups is 1. The van der Waals surface area contributed by atoms with Gasteiger partial charge in [0.2, 0.25) is 11.8 Å². The number of ketones is 1. The lowest BCUT2D eigenvalue weighted by molar-refractivity contribution is -0.137. The van der Waals surface area contributed by atoms with Crippen LogP contribution in [0, 0.1) is 11.8 Å². The average molecular weight is 469 g/mol. The third-order valence-electron chi connectivity index (χ3n) is 6.37. The van der Waals surface area contributed by atoms with Gasteiger partial charge in [-0.1, -0.05) is 12.1 Å². The summed E-state index contributed by atoms with van der Waals surface area (Å²) in [5.41, 5.74) is -0.852.